The summed E-state index contributed by atoms with van der Waals surface area (Å²) in [6.45, 7) is 6.07. The van der Waals surface area contributed by atoms with Crippen LogP contribution in [0.4, 0.5) is 0 Å². The molecule has 1 N–H and O–H groups in total. The minimum absolute atomic E-state index is 0.396. The minimum Gasteiger partial charge on any atom is -0.389 e. The van der Waals surface area contributed by atoms with Crippen molar-refractivity contribution >= 4 is 16.9 Å². The minimum atomic E-state index is -0.396. The van der Waals surface area contributed by atoms with Gasteiger partial charge in [0.2, 0.25) is 0 Å². The van der Waals surface area contributed by atoms with Crippen molar-refractivity contribution in [2.45, 2.75) is 33.3 Å². The van der Waals surface area contributed by atoms with Crippen molar-refractivity contribution in [1.29, 1.82) is 0 Å². The molecule has 2 heteroatoms. The van der Waals surface area contributed by atoms with E-state index in [1.54, 1.807) is 11.3 Å². The Balaban J connectivity index is 2.52. The molecule has 1 aromatic heterocycles. The lowest BCUT2D eigenvalue weighted by Gasteiger charge is -2.10. The third-order valence-corrected chi connectivity index (χ3v) is 4.43. The summed E-state index contributed by atoms with van der Waals surface area (Å²) in [7, 11) is 0. The van der Waals surface area contributed by atoms with Crippen molar-refractivity contribution in [1.82, 2.24) is 0 Å². The highest BCUT2D eigenvalue weighted by atomic mass is 32.1. The fraction of sp³-hybridized carbons (Fsp3) is 0.333. The van der Waals surface area contributed by atoms with Crippen molar-refractivity contribution in [3.63, 3.8) is 0 Å². The monoisotopic (exact) mass is 246 g/mol. The van der Waals surface area contributed by atoms with E-state index in [4.69, 9.17) is 0 Å². The molecule has 0 spiro atoms. The number of hydrogen-bond donors (Lipinski definition) is 1. The molecule has 0 aromatic carbocycles. The molecule has 2 rings (SSSR count). The Morgan fingerprint density at radius 2 is 2.00 bits per heavy atom. The summed E-state index contributed by atoms with van der Waals surface area (Å²) in [5, 5.41) is 9.94. The van der Waals surface area contributed by atoms with Crippen molar-refractivity contribution < 1.29 is 5.11 Å². The summed E-state index contributed by atoms with van der Waals surface area (Å²) >= 11 is 1.79. The van der Waals surface area contributed by atoms with Gasteiger partial charge in [0.1, 0.15) is 0 Å². The van der Waals surface area contributed by atoms with Gasteiger partial charge in [0.05, 0.1) is 6.10 Å². The molecule has 1 aromatic rings. The van der Waals surface area contributed by atoms with E-state index in [1.807, 2.05) is 13.0 Å². The molecular formula is C15H18OS. The summed E-state index contributed by atoms with van der Waals surface area (Å²) in [5.41, 5.74) is 3.63. The highest BCUT2D eigenvalue weighted by molar-refractivity contribution is 7.13. The smallest absolute Gasteiger partial charge is 0.0778 e. The molecule has 1 aliphatic carbocycles. The maximum Gasteiger partial charge on any atom is 0.0778 e. The largest absolute Gasteiger partial charge is 0.389 e. The predicted molar refractivity (Wildman–Crippen MR) is 75.3 cm³/mol. The summed E-state index contributed by atoms with van der Waals surface area (Å²) in [6.07, 6.45) is 11.0. The van der Waals surface area contributed by atoms with Crippen LogP contribution >= 0.6 is 11.3 Å². The Morgan fingerprint density at radius 3 is 2.71 bits per heavy atom. The second-order valence-electron chi connectivity index (χ2n) is 4.41. The lowest BCUT2D eigenvalue weighted by molar-refractivity contribution is 0.199. The van der Waals surface area contributed by atoms with E-state index in [9.17, 15) is 5.11 Å². The molecule has 0 saturated heterocycles. The maximum atomic E-state index is 9.94. The molecule has 0 bridgehead atoms. The first-order chi connectivity index (χ1) is 8.11. The van der Waals surface area contributed by atoms with Gasteiger partial charge in [0.15, 0.2) is 0 Å². The molecule has 1 atom stereocenters. The molecule has 0 fully saturated rings. The van der Waals surface area contributed by atoms with Gasteiger partial charge in [-0.1, -0.05) is 30.4 Å². The summed E-state index contributed by atoms with van der Waals surface area (Å²) in [5.74, 6) is 0. The standard InChI is InChI=1S/C15H18OS/c1-10-12(3)17-15(14(10)11(2)16)13-8-6-4-5-7-9-13/h4-8,11,16H,9H2,1-3H3. The van der Waals surface area contributed by atoms with Gasteiger partial charge in [0, 0.05) is 15.3 Å². The molecule has 0 radical (unpaired) electrons. The van der Waals surface area contributed by atoms with Crippen LogP contribution in [0.15, 0.2) is 30.4 Å². The third kappa shape index (κ3) is 2.43. The van der Waals surface area contributed by atoms with Crippen LogP contribution in [0.5, 0.6) is 0 Å². The molecule has 0 aliphatic heterocycles. The van der Waals surface area contributed by atoms with E-state index in [1.165, 1.54) is 20.9 Å². The van der Waals surface area contributed by atoms with Crippen LogP contribution < -0.4 is 0 Å². The maximum absolute atomic E-state index is 9.94. The Kier molecular flexibility index (Phi) is 3.65. The molecule has 1 heterocycles. The first kappa shape index (κ1) is 12.3. The normalized spacial score (nSPS) is 16.8. The van der Waals surface area contributed by atoms with E-state index >= 15 is 0 Å². The van der Waals surface area contributed by atoms with Gasteiger partial charge in [-0.25, -0.2) is 0 Å². The van der Waals surface area contributed by atoms with Gasteiger partial charge in [0.25, 0.3) is 0 Å². The summed E-state index contributed by atoms with van der Waals surface area (Å²) < 4.78 is 0. The number of allylic oxidation sites excluding steroid dienone is 6. The van der Waals surface area contributed by atoms with Gasteiger partial charge in [-0.2, -0.15) is 0 Å². The lowest BCUT2D eigenvalue weighted by Crippen LogP contribution is -1.96. The summed E-state index contributed by atoms with van der Waals surface area (Å²) in [6, 6.07) is 0. The molecule has 1 aliphatic rings. The molecule has 0 saturated carbocycles. The van der Waals surface area contributed by atoms with Crippen LogP contribution in [0.3, 0.4) is 0 Å². The molecule has 1 nitrogen and oxygen atoms in total. The Hall–Kier alpha value is -1.12. The fourth-order valence-corrected chi connectivity index (χ4v) is 3.42. The Bertz CT molecular complexity index is 501. The van der Waals surface area contributed by atoms with Crippen molar-refractivity contribution in [3.05, 3.63) is 51.3 Å². The number of aryl methyl sites for hydroxylation is 1. The van der Waals surface area contributed by atoms with Gasteiger partial charge >= 0.3 is 0 Å². The average Bonchev–Trinajstić information content (AvgIpc) is 2.50. The SMILES string of the molecule is Cc1sc(C2=CC=CC=CC2)c(C(C)O)c1C. The van der Waals surface area contributed by atoms with Crippen LogP contribution in [0.2, 0.25) is 0 Å². The van der Waals surface area contributed by atoms with Gasteiger partial charge in [-0.05, 0) is 38.3 Å². The van der Waals surface area contributed by atoms with Crippen molar-refractivity contribution in [2.75, 3.05) is 0 Å². The van der Waals surface area contributed by atoms with Gasteiger partial charge in [-0.3, -0.25) is 0 Å². The van der Waals surface area contributed by atoms with E-state index in [0.717, 1.165) is 12.0 Å². The highest BCUT2D eigenvalue weighted by Gasteiger charge is 2.18. The molecule has 0 amide bonds. The van der Waals surface area contributed by atoms with Gasteiger partial charge < -0.3 is 5.11 Å². The third-order valence-electron chi connectivity index (χ3n) is 3.13. The van der Waals surface area contributed by atoms with Crippen LogP contribution in [0.25, 0.3) is 5.57 Å². The zero-order valence-electron chi connectivity index (χ0n) is 10.5. The Morgan fingerprint density at radius 1 is 1.24 bits per heavy atom. The number of hydrogen-bond acceptors (Lipinski definition) is 2. The number of aliphatic hydroxyl groups is 1. The number of aliphatic hydroxyl groups excluding tert-OH is 1. The number of thiophene rings is 1. The zero-order valence-corrected chi connectivity index (χ0v) is 11.3. The van der Waals surface area contributed by atoms with Crippen LogP contribution in [0, 0.1) is 13.8 Å². The van der Waals surface area contributed by atoms with Crippen LogP contribution in [-0.2, 0) is 0 Å². The summed E-state index contributed by atoms with van der Waals surface area (Å²) in [4.78, 5) is 2.54. The molecule has 17 heavy (non-hydrogen) atoms. The van der Waals surface area contributed by atoms with E-state index < -0.39 is 6.10 Å². The predicted octanol–water partition coefficient (Wildman–Crippen LogP) is 4.32. The van der Waals surface area contributed by atoms with Crippen LogP contribution in [-0.4, -0.2) is 5.11 Å². The van der Waals surface area contributed by atoms with Crippen molar-refractivity contribution in [3.8, 4) is 0 Å². The van der Waals surface area contributed by atoms with Crippen molar-refractivity contribution in [2.24, 2.45) is 0 Å². The first-order valence-electron chi connectivity index (χ1n) is 5.92. The first-order valence-corrected chi connectivity index (χ1v) is 6.73. The van der Waals surface area contributed by atoms with E-state index in [-0.39, 0.29) is 0 Å². The quantitative estimate of drug-likeness (QED) is 0.824. The second-order valence-corrected chi connectivity index (χ2v) is 5.64. The lowest BCUT2D eigenvalue weighted by atomic mass is 10.00. The average molecular weight is 246 g/mol. The van der Waals surface area contributed by atoms with Gasteiger partial charge in [-0.15, -0.1) is 11.3 Å². The molecule has 1 unspecified atom stereocenters. The molecular weight excluding hydrogens is 228 g/mol. The zero-order chi connectivity index (χ0) is 12.4. The fourth-order valence-electron chi connectivity index (χ4n) is 2.13. The van der Waals surface area contributed by atoms with E-state index in [0.29, 0.717) is 0 Å². The number of rotatable bonds is 2. The topological polar surface area (TPSA) is 20.2 Å². The van der Waals surface area contributed by atoms with Crippen LogP contribution in [0.1, 0.15) is 40.3 Å². The second kappa shape index (κ2) is 5.03. The highest BCUT2D eigenvalue weighted by Crippen LogP contribution is 2.38. The molecule has 90 valence electrons. The van der Waals surface area contributed by atoms with E-state index in [2.05, 4.69) is 38.2 Å². The Labute approximate surface area is 107 Å².